The van der Waals surface area contributed by atoms with E-state index in [1.54, 1.807) is 42.8 Å². The van der Waals surface area contributed by atoms with Crippen LogP contribution in [0.1, 0.15) is 6.92 Å². The molecule has 2 rings (SSSR count). The quantitative estimate of drug-likeness (QED) is 0.728. The molecular weight excluding hydrogens is 353 g/mol. The van der Waals surface area contributed by atoms with Crippen LogP contribution >= 0.6 is 11.8 Å². The van der Waals surface area contributed by atoms with Gasteiger partial charge in [-0.15, -0.1) is 11.8 Å². The Labute approximate surface area is 157 Å². The largest absolute Gasteiger partial charge is 0.324 e. The predicted molar refractivity (Wildman–Crippen MR) is 104 cm³/mol. The molecule has 0 unspecified atom stereocenters. The van der Waals surface area contributed by atoms with Crippen LogP contribution < -0.4 is 10.6 Å². The van der Waals surface area contributed by atoms with Gasteiger partial charge in [0, 0.05) is 4.90 Å². The summed E-state index contributed by atoms with van der Waals surface area (Å²) in [4.78, 5) is 27.1. The van der Waals surface area contributed by atoms with Crippen LogP contribution in [0.4, 0.5) is 15.8 Å². The highest BCUT2D eigenvalue weighted by molar-refractivity contribution is 7.98. The number of benzene rings is 2. The van der Waals surface area contributed by atoms with E-state index >= 15 is 0 Å². The highest BCUT2D eigenvalue weighted by atomic mass is 32.2. The average molecular weight is 375 g/mol. The van der Waals surface area contributed by atoms with Crippen LogP contribution in [0.25, 0.3) is 0 Å². The molecule has 0 heterocycles. The first-order chi connectivity index (χ1) is 12.4. The molecular formula is C19H22FN3O2S. The molecule has 2 amide bonds. The highest BCUT2D eigenvalue weighted by Gasteiger charge is 2.21. The molecule has 1 atom stereocenters. The van der Waals surface area contributed by atoms with E-state index in [1.807, 2.05) is 30.5 Å². The van der Waals surface area contributed by atoms with Gasteiger partial charge in [0.2, 0.25) is 11.8 Å². The number of hydrogen-bond donors (Lipinski definition) is 2. The zero-order valence-electron chi connectivity index (χ0n) is 15.0. The van der Waals surface area contributed by atoms with Crippen molar-refractivity contribution in [2.24, 2.45) is 0 Å². The molecule has 2 N–H and O–H groups in total. The first kappa shape index (κ1) is 19.9. The second-order valence-electron chi connectivity index (χ2n) is 5.81. The van der Waals surface area contributed by atoms with Gasteiger partial charge in [-0.2, -0.15) is 0 Å². The second-order valence-corrected chi connectivity index (χ2v) is 6.66. The number of rotatable bonds is 7. The number of hydrogen-bond acceptors (Lipinski definition) is 4. The van der Waals surface area contributed by atoms with Crippen molar-refractivity contribution in [1.82, 2.24) is 4.90 Å². The summed E-state index contributed by atoms with van der Waals surface area (Å²) >= 11 is 1.54. The van der Waals surface area contributed by atoms with Crippen LogP contribution in [0.2, 0.25) is 0 Å². The van der Waals surface area contributed by atoms with Gasteiger partial charge in [0.1, 0.15) is 5.82 Å². The molecule has 0 bridgehead atoms. The zero-order chi connectivity index (χ0) is 19.1. The van der Waals surface area contributed by atoms with E-state index in [4.69, 9.17) is 0 Å². The van der Waals surface area contributed by atoms with Gasteiger partial charge in [0.05, 0.1) is 24.0 Å². The maximum atomic E-state index is 13.6. The third-order valence-electron chi connectivity index (χ3n) is 3.95. The number of thioether (sulfide) groups is 1. The molecule has 26 heavy (non-hydrogen) atoms. The number of anilines is 2. The summed E-state index contributed by atoms with van der Waals surface area (Å²) in [6, 6.07) is 12.9. The molecule has 0 aliphatic rings. The predicted octanol–water partition coefficient (Wildman–Crippen LogP) is 3.45. The standard InChI is InChI=1S/C19H22FN3O2S/c1-13(19(25)22-15-9-5-4-8-14(15)20)23(2)12-18(24)21-16-10-6-7-11-17(16)26-3/h4-11,13H,12H2,1-3H3,(H,21,24)(H,22,25)/t13-/m0/s1. The lowest BCUT2D eigenvalue weighted by atomic mass is 10.2. The number of nitrogens with one attached hydrogen (secondary N) is 2. The molecule has 7 heteroatoms. The highest BCUT2D eigenvalue weighted by Crippen LogP contribution is 2.24. The summed E-state index contributed by atoms with van der Waals surface area (Å²) < 4.78 is 13.6. The molecule has 0 aliphatic carbocycles. The summed E-state index contributed by atoms with van der Waals surface area (Å²) in [6.07, 6.45) is 1.94. The van der Waals surface area contributed by atoms with Crippen molar-refractivity contribution in [2.75, 3.05) is 30.5 Å². The van der Waals surface area contributed by atoms with Gasteiger partial charge in [0.15, 0.2) is 0 Å². The van der Waals surface area contributed by atoms with Crippen LogP contribution in [0.5, 0.6) is 0 Å². The molecule has 2 aromatic carbocycles. The second kappa shape index (κ2) is 9.35. The van der Waals surface area contributed by atoms with E-state index in [-0.39, 0.29) is 24.0 Å². The minimum Gasteiger partial charge on any atom is -0.324 e. The normalized spacial score (nSPS) is 11.9. The number of likely N-dealkylation sites (N-methyl/N-ethyl adjacent to an activating group) is 1. The Morgan fingerprint density at radius 1 is 1.08 bits per heavy atom. The molecule has 0 fully saturated rings. The van der Waals surface area contributed by atoms with Crippen LogP contribution in [-0.2, 0) is 9.59 Å². The molecule has 0 saturated heterocycles. The fraction of sp³-hybridized carbons (Fsp3) is 0.263. The summed E-state index contributed by atoms with van der Waals surface area (Å²) in [5, 5.41) is 5.39. The first-order valence-electron chi connectivity index (χ1n) is 8.11. The maximum absolute atomic E-state index is 13.6. The molecule has 0 spiro atoms. The van der Waals surface area contributed by atoms with Gasteiger partial charge in [-0.3, -0.25) is 14.5 Å². The number of amides is 2. The van der Waals surface area contributed by atoms with Gasteiger partial charge in [-0.05, 0) is 44.5 Å². The van der Waals surface area contributed by atoms with Crippen molar-refractivity contribution >= 4 is 35.0 Å². The van der Waals surface area contributed by atoms with Crippen LogP contribution in [0, 0.1) is 5.82 Å². The van der Waals surface area contributed by atoms with E-state index in [0.29, 0.717) is 0 Å². The molecule has 0 radical (unpaired) electrons. The van der Waals surface area contributed by atoms with Gasteiger partial charge >= 0.3 is 0 Å². The lowest BCUT2D eigenvalue weighted by molar-refractivity contribution is -0.122. The Balaban J connectivity index is 1.93. The smallest absolute Gasteiger partial charge is 0.241 e. The summed E-state index contributed by atoms with van der Waals surface area (Å²) in [5.74, 6) is -1.10. The fourth-order valence-electron chi connectivity index (χ4n) is 2.30. The Morgan fingerprint density at radius 3 is 2.35 bits per heavy atom. The van der Waals surface area contributed by atoms with Crippen molar-refractivity contribution in [3.8, 4) is 0 Å². The van der Waals surface area contributed by atoms with E-state index < -0.39 is 11.9 Å². The van der Waals surface area contributed by atoms with Crippen LogP contribution in [-0.4, -0.2) is 42.6 Å². The van der Waals surface area contributed by atoms with Gasteiger partial charge in [-0.1, -0.05) is 24.3 Å². The van der Waals surface area contributed by atoms with Crippen molar-refractivity contribution in [1.29, 1.82) is 0 Å². The number of carbonyl (C=O) groups is 2. The Hall–Kier alpha value is -2.38. The lowest BCUT2D eigenvalue weighted by Crippen LogP contribution is -2.43. The molecule has 0 aliphatic heterocycles. The van der Waals surface area contributed by atoms with Crippen molar-refractivity contribution in [3.63, 3.8) is 0 Å². The molecule has 0 saturated carbocycles. The Kier molecular flexibility index (Phi) is 7.17. The minimum atomic E-state index is -0.601. The van der Waals surface area contributed by atoms with Crippen LogP contribution in [0.15, 0.2) is 53.4 Å². The van der Waals surface area contributed by atoms with E-state index in [2.05, 4.69) is 10.6 Å². The third kappa shape index (κ3) is 5.31. The molecule has 0 aromatic heterocycles. The first-order valence-corrected chi connectivity index (χ1v) is 9.33. The van der Waals surface area contributed by atoms with Crippen molar-refractivity contribution in [3.05, 3.63) is 54.3 Å². The fourth-order valence-corrected chi connectivity index (χ4v) is 2.85. The summed E-state index contributed by atoms with van der Waals surface area (Å²) in [5.41, 5.74) is 0.859. The van der Waals surface area contributed by atoms with E-state index in [1.165, 1.54) is 12.1 Å². The zero-order valence-corrected chi connectivity index (χ0v) is 15.8. The van der Waals surface area contributed by atoms with Gasteiger partial charge in [0.25, 0.3) is 0 Å². The van der Waals surface area contributed by atoms with Crippen molar-refractivity contribution < 1.29 is 14.0 Å². The average Bonchev–Trinajstić information content (AvgIpc) is 2.63. The number of para-hydroxylation sites is 2. The Morgan fingerprint density at radius 2 is 1.69 bits per heavy atom. The molecule has 2 aromatic rings. The Bertz CT molecular complexity index is 785. The lowest BCUT2D eigenvalue weighted by Gasteiger charge is -2.23. The molecule has 138 valence electrons. The summed E-state index contributed by atoms with van der Waals surface area (Å²) in [6.45, 7) is 1.70. The number of carbonyl (C=O) groups excluding carboxylic acids is 2. The minimum absolute atomic E-state index is 0.0363. The summed E-state index contributed by atoms with van der Waals surface area (Å²) in [7, 11) is 1.67. The van der Waals surface area contributed by atoms with Gasteiger partial charge < -0.3 is 10.6 Å². The van der Waals surface area contributed by atoms with E-state index in [0.717, 1.165) is 10.6 Å². The van der Waals surface area contributed by atoms with Crippen molar-refractivity contribution in [2.45, 2.75) is 17.9 Å². The van der Waals surface area contributed by atoms with Crippen LogP contribution in [0.3, 0.4) is 0 Å². The van der Waals surface area contributed by atoms with E-state index in [9.17, 15) is 14.0 Å². The van der Waals surface area contributed by atoms with Gasteiger partial charge in [-0.25, -0.2) is 4.39 Å². The number of halogens is 1. The molecule has 5 nitrogen and oxygen atoms in total. The topological polar surface area (TPSA) is 61.4 Å². The monoisotopic (exact) mass is 375 g/mol. The maximum Gasteiger partial charge on any atom is 0.241 e. The third-order valence-corrected chi connectivity index (χ3v) is 4.74. The number of nitrogens with zero attached hydrogens (tertiary/aromatic N) is 1. The SMILES string of the molecule is CSc1ccccc1NC(=O)CN(C)[C@@H](C)C(=O)Nc1ccccc1F.